The molecule has 0 saturated carbocycles. The molecule has 64 heavy (non-hydrogen) atoms. The molecule has 0 fully saturated rings. The van der Waals surface area contributed by atoms with Gasteiger partial charge in [0.2, 0.25) is 11.6 Å². The second-order valence-corrected chi connectivity index (χ2v) is 20.5. The molecule has 0 spiro atoms. The van der Waals surface area contributed by atoms with Crippen molar-refractivity contribution in [3.05, 3.63) is 174 Å². The quantitative estimate of drug-likeness (QED) is 0.0604. The zero-order chi connectivity index (χ0) is 44.8. The van der Waals surface area contributed by atoms with E-state index in [1.807, 2.05) is 65.4 Å². The Bertz CT molecular complexity index is 3110. The van der Waals surface area contributed by atoms with E-state index in [4.69, 9.17) is 32.7 Å². The van der Waals surface area contributed by atoms with Crippen LogP contribution in [-0.2, 0) is 21.0 Å². The van der Waals surface area contributed by atoms with Crippen molar-refractivity contribution >= 4 is 126 Å². The average Bonchev–Trinajstić information content (AvgIpc) is 4.02. The van der Waals surface area contributed by atoms with Crippen molar-refractivity contribution in [2.75, 3.05) is 13.2 Å². The number of nitrogens with zero attached hydrogens (tertiary/aromatic N) is 2. The summed E-state index contributed by atoms with van der Waals surface area (Å²) in [5, 5.41) is 2.21. The highest BCUT2D eigenvalue weighted by Gasteiger charge is 2.32. The highest BCUT2D eigenvalue weighted by molar-refractivity contribution is 8.01. The Balaban J connectivity index is 1.07. The van der Waals surface area contributed by atoms with Crippen LogP contribution >= 0.6 is 69.4 Å². The van der Waals surface area contributed by atoms with Crippen molar-refractivity contribution in [1.82, 2.24) is 8.80 Å². The molecule has 0 aliphatic heterocycles. The lowest BCUT2D eigenvalue weighted by molar-refractivity contribution is 0.0521. The maximum atomic E-state index is 14.3. The summed E-state index contributed by atoms with van der Waals surface area (Å²) in [7, 11) is 0. The zero-order valence-electron chi connectivity index (χ0n) is 35.0. The van der Waals surface area contributed by atoms with E-state index in [1.54, 1.807) is 85.9 Å². The normalized spacial score (nSPS) is 11.6. The minimum atomic E-state index is -0.477. The monoisotopic (exact) mass is 960 g/mol. The molecule has 0 amide bonds. The molecule has 0 atom stereocenters. The number of aryl methyl sites for hydroxylation is 2. The molecule has 9 rings (SSSR count). The van der Waals surface area contributed by atoms with E-state index in [0.29, 0.717) is 75.4 Å². The van der Waals surface area contributed by atoms with E-state index in [-0.39, 0.29) is 24.8 Å². The van der Waals surface area contributed by atoms with Crippen LogP contribution in [0.4, 0.5) is 0 Å². The lowest BCUT2D eigenvalue weighted by Gasteiger charge is -2.07. The van der Waals surface area contributed by atoms with Gasteiger partial charge in [-0.2, -0.15) is 0 Å². The summed E-state index contributed by atoms with van der Waals surface area (Å²) >= 11 is 18.4. The van der Waals surface area contributed by atoms with Gasteiger partial charge in [0.1, 0.15) is 0 Å². The fourth-order valence-electron chi connectivity index (χ4n) is 7.85. The first-order valence-electron chi connectivity index (χ1n) is 20.4. The topological polar surface area (TPSA) is 95.6 Å². The first-order valence-corrected chi connectivity index (χ1v) is 24.7. The Morgan fingerprint density at radius 1 is 0.578 bits per heavy atom. The Morgan fingerprint density at radius 2 is 0.984 bits per heavy atom. The number of esters is 2. The molecule has 3 aromatic carbocycles. The van der Waals surface area contributed by atoms with E-state index in [0.717, 1.165) is 41.7 Å². The maximum absolute atomic E-state index is 14.3. The van der Waals surface area contributed by atoms with Crippen LogP contribution in [0, 0.1) is 13.8 Å². The van der Waals surface area contributed by atoms with E-state index in [1.165, 1.54) is 22.7 Å². The van der Waals surface area contributed by atoms with Crippen LogP contribution in [0.25, 0.3) is 32.8 Å². The SMILES string of the molecule is CCOC(=O)c1c2c(C(=O)c3ccc(Cl)cc3)sc(SCc3cccc(CSc4sc(C(=O)c5ccc(Cl)cc5)c5c(C(=O)OCC)c6cc(C)ccn6c45)c3)c2n2ccc(C)cc12. The summed E-state index contributed by atoms with van der Waals surface area (Å²) in [5.41, 5.74) is 8.74. The van der Waals surface area contributed by atoms with E-state index in [9.17, 15) is 19.2 Å². The van der Waals surface area contributed by atoms with Crippen LogP contribution < -0.4 is 0 Å². The summed E-state index contributed by atoms with van der Waals surface area (Å²) in [6.07, 6.45) is 3.89. The molecule has 6 heterocycles. The number of ketones is 2. The summed E-state index contributed by atoms with van der Waals surface area (Å²) in [6, 6.07) is 29.8. The van der Waals surface area contributed by atoms with Gasteiger partial charge >= 0.3 is 11.9 Å². The number of benzene rings is 3. The van der Waals surface area contributed by atoms with E-state index in [2.05, 4.69) is 18.2 Å². The van der Waals surface area contributed by atoms with Crippen LogP contribution in [-0.4, -0.2) is 45.5 Å². The third-order valence-electron chi connectivity index (χ3n) is 10.7. The molecule has 0 aliphatic rings. The maximum Gasteiger partial charge on any atom is 0.341 e. The van der Waals surface area contributed by atoms with Crippen molar-refractivity contribution < 1.29 is 28.7 Å². The van der Waals surface area contributed by atoms with Gasteiger partial charge in [-0.3, -0.25) is 9.59 Å². The molecule has 322 valence electrons. The molecule has 0 aliphatic carbocycles. The number of carbonyl (C=O) groups excluding carboxylic acids is 4. The molecular weight excluding hydrogens is 924 g/mol. The van der Waals surface area contributed by atoms with Gasteiger partial charge in [-0.25, -0.2) is 9.59 Å². The first-order chi connectivity index (χ1) is 30.9. The number of rotatable bonds is 14. The smallest absolute Gasteiger partial charge is 0.341 e. The molecule has 0 radical (unpaired) electrons. The Morgan fingerprint density at radius 3 is 1.38 bits per heavy atom. The minimum Gasteiger partial charge on any atom is -0.462 e. The third kappa shape index (κ3) is 8.16. The minimum absolute atomic E-state index is 0.195. The van der Waals surface area contributed by atoms with Crippen molar-refractivity contribution in [2.45, 2.75) is 47.6 Å². The van der Waals surface area contributed by atoms with Gasteiger partial charge in [0.25, 0.3) is 0 Å². The van der Waals surface area contributed by atoms with Crippen LogP contribution in [0.3, 0.4) is 0 Å². The fourth-order valence-corrected chi connectivity index (χ4v) is 13.0. The van der Waals surface area contributed by atoms with Gasteiger partial charge in [-0.1, -0.05) is 47.5 Å². The summed E-state index contributed by atoms with van der Waals surface area (Å²) in [6.45, 7) is 7.88. The van der Waals surface area contributed by atoms with Gasteiger partial charge in [0.05, 0.1) is 64.6 Å². The lowest BCUT2D eigenvalue weighted by Crippen LogP contribution is -2.06. The highest BCUT2D eigenvalue weighted by Crippen LogP contribution is 2.47. The Labute approximate surface area is 395 Å². The second kappa shape index (κ2) is 18.3. The number of aromatic nitrogens is 2. The predicted molar refractivity (Wildman–Crippen MR) is 262 cm³/mol. The van der Waals surface area contributed by atoms with Gasteiger partial charge in [0, 0.05) is 55.8 Å². The number of hydrogen-bond acceptors (Lipinski definition) is 10. The fraction of sp³-hybridized carbons (Fsp3) is 0.160. The molecule has 14 heteroatoms. The Hall–Kier alpha value is -5.34. The molecule has 0 saturated heterocycles. The molecule has 8 nitrogen and oxygen atoms in total. The number of thioether (sulfide) groups is 2. The number of thiophene rings is 2. The number of hydrogen-bond donors (Lipinski definition) is 0. The van der Waals surface area contributed by atoms with Crippen LogP contribution in [0.15, 0.2) is 118 Å². The van der Waals surface area contributed by atoms with Gasteiger partial charge < -0.3 is 18.3 Å². The van der Waals surface area contributed by atoms with Crippen molar-refractivity contribution in [3.63, 3.8) is 0 Å². The Kier molecular flexibility index (Phi) is 12.5. The van der Waals surface area contributed by atoms with Crippen LogP contribution in [0.1, 0.15) is 87.3 Å². The van der Waals surface area contributed by atoms with Crippen molar-refractivity contribution in [3.8, 4) is 0 Å². The highest BCUT2D eigenvalue weighted by atomic mass is 35.5. The van der Waals surface area contributed by atoms with Crippen molar-refractivity contribution in [1.29, 1.82) is 0 Å². The second-order valence-electron chi connectivity index (χ2n) is 15.1. The number of carbonyl (C=O) groups is 4. The van der Waals surface area contributed by atoms with Crippen LogP contribution in [0.5, 0.6) is 0 Å². The molecule has 0 bridgehead atoms. The van der Waals surface area contributed by atoms with Gasteiger partial charge in [0.15, 0.2) is 0 Å². The number of fused-ring (bicyclic) bond motifs is 6. The third-order valence-corrected chi connectivity index (χ3v) is 16.3. The predicted octanol–water partition coefficient (Wildman–Crippen LogP) is 13.9. The lowest BCUT2D eigenvalue weighted by atomic mass is 10.1. The standard InChI is InChI=1S/C50H38Cl2N2O6S4/c1-5-59-47(57)37-35-22-27(3)18-20-53(35)41-39(37)45(43(55)31-10-14-33(51)15-11-31)63-49(41)61-25-29-8-7-9-30(24-29)26-62-50-42-40(46(64-50)44(56)32-12-16-34(52)17-13-32)38(48(58)60-6-2)36-23-28(4)19-21-54(36)42/h7-24H,5-6,25-26H2,1-4H3. The number of pyridine rings is 2. The summed E-state index contributed by atoms with van der Waals surface area (Å²) < 4.78 is 16.9. The molecular formula is C50H38Cl2N2O6S4. The molecule has 0 N–H and O–H groups in total. The van der Waals surface area contributed by atoms with Gasteiger partial charge in [-0.15, -0.1) is 46.2 Å². The summed E-state index contributed by atoms with van der Waals surface area (Å²) in [4.78, 5) is 56.9. The molecule has 6 aromatic heterocycles. The molecule has 9 aromatic rings. The first kappa shape index (κ1) is 43.9. The summed E-state index contributed by atoms with van der Waals surface area (Å²) in [5.74, 6) is -0.172. The van der Waals surface area contributed by atoms with E-state index >= 15 is 0 Å². The van der Waals surface area contributed by atoms with E-state index < -0.39 is 11.9 Å². The largest absolute Gasteiger partial charge is 0.462 e. The van der Waals surface area contributed by atoms with Gasteiger partial charge in [-0.05, 0) is 123 Å². The van der Waals surface area contributed by atoms with Crippen LogP contribution in [0.2, 0.25) is 10.0 Å². The molecule has 0 unspecified atom stereocenters. The average molecular weight is 962 g/mol. The van der Waals surface area contributed by atoms with Crippen molar-refractivity contribution in [2.24, 2.45) is 0 Å². The zero-order valence-corrected chi connectivity index (χ0v) is 39.7. The number of ether oxygens (including phenoxy) is 2. The number of halogens is 2.